The lowest BCUT2D eigenvalue weighted by atomic mass is 10.2. The fourth-order valence-corrected chi connectivity index (χ4v) is 2.50. The summed E-state index contributed by atoms with van der Waals surface area (Å²) in [6, 6.07) is 0. The molecular weight excluding hydrogens is 254 g/mol. The quantitative estimate of drug-likeness (QED) is 0.775. The number of anilines is 1. The highest BCUT2D eigenvalue weighted by molar-refractivity contribution is 5.90. The molecule has 0 saturated carbocycles. The van der Waals surface area contributed by atoms with Gasteiger partial charge in [0.05, 0.1) is 11.9 Å². The van der Waals surface area contributed by atoms with E-state index in [9.17, 15) is 0 Å². The highest BCUT2D eigenvalue weighted by Gasteiger charge is 2.16. The SMILES string of the molecule is CCn1cnnc1Cn1c(C)c(C)c2c(N)ncnc21. The monoisotopic (exact) mass is 271 g/mol. The highest BCUT2D eigenvalue weighted by Crippen LogP contribution is 2.27. The van der Waals surface area contributed by atoms with Gasteiger partial charge in [0.15, 0.2) is 5.82 Å². The summed E-state index contributed by atoms with van der Waals surface area (Å²) in [6.45, 7) is 7.64. The van der Waals surface area contributed by atoms with Gasteiger partial charge < -0.3 is 14.9 Å². The molecule has 7 heteroatoms. The van der Waals surface area contributed by atoms with E-state index in [4.69, 9.17) is 5.73 Å². The van der Waals surface area contributed by atoms with Crippen LogP contribution in [0.3, 0.4) is 0 Å². The van der Waals surface area contributed by atoms with Crippen LogP contribution in [0.5, 0.6) is 0 Å². The molecule has 0 amide bonds. The fourth-order valence-electron chi connectivity index (χ4n) is 2.50. The van der Waals surface area contributed by atoms with Crippen molar-refractivity contribution in [2.45, 2.75) is 33.9 Å². The Balaban J connectivity index is 2.17. The molecule has 3 aromatic rings. The molecule has 0 atom stereocenters. The van der Waals surface area contributed by atoms with Crippen molar-refractivity contribution in [3.63, 3.8) is 0 Å². The highest BCUT2D eigenvalue weighted by atomic mass is 15.3. The molecule has 7 nitrogen and oxygen atoms in total. The third-order valence-electron chi connectivity index (χ3n) is 3.77. The molecule has 0 saturated heterocycles. The number of hydrogen-bond donors (Lipinski definition) is 1. The zero-order valence-electron chi connectivity index (χ0n) is 11.8. The first-order chi connectivity index (χ1) is 9.63. The maximum absolute atomic E-state index is 5.97. The Morgan fingerprint density at radius 2 is 2.05 bits per heavy atom. The molecule has 0 radical (unpaired) electrons. The van der Waals surface area contributed by atoms with Crippen LogP contribution in [0, 0.1) is 13.8 Å². The van der Waals surface area contributed by atoms with Gasteiger partial charge in [-0.25, -0.2) is 9.97 Å². The Morgan fingerprint density at radius 1 is 1.25 bits per heavy atom. The Kier molecular flexibility index (Phi) is 2.89. The summed E-state index contributed by atoms with van der Waals surface area (Å²) in [7, 11) is 0. The average molecular weight is 271 g/mol. The minimum atomic E-state index is 0.520. The molecule has 0 aromatic carbocycles. The number of nitrogens with zero attached hydrogens (tertiary/aromatic N) is 6. The van der Waals surface area contributed by atoms with Crippen LogP contribution in [0.25, 0.3) is 11.0 Å². The number of nitrogen functional groups attached to an aromatic ring is 1. The molecule has 3 heterocycles. The molecule has 0 bridgehead atoms. The van der Waals surface area contributed by atoms with Crippen molar-refractivity contribution in [1.29, 1.82) is 0 Å². The van der Waals surface area contributed by atoms with Gasteiger partial charge in [0, 0.05) is 12.2 Å². The van der Waals surface area contributed by atoms with Crippen LogP contribution in [-0.4, -0.2) is 29.3 Å². The van der Waals surface area contributed by atoms with E-state index in [2.05, 4.69) is 38.6 Å². The number of aryl methyl sites for hydroxylation is 2. The zero-order chi connectivity index (χ0) is 14.3. The molecule has 0 aliphatic heterocycles. The third kappa shape index (κ3) is 1.74. The number of fused-ring (bicyclic) bond motifs is 1. The topological polar surface area (TPSA) is 87.4 Å². The standard InChI is InChI=1S/C13H17N7/c1-4-19-7-17-18-10(19)5-20-9(3)8(2)11-12(14)15-6-16-13(11)20/h6-7H,4-5H2,1-3H3,(H2,14,15,16). The average Bonchev–Trinajstić information content (AvgIpc) is 2.98. The lowest BCUT2D eigenvalue weighted by Gasteiger charge is -2.08. The molecule has 0 unspecified atom stereocenters. The Morgan fingerprint density at radius 3 is 2.80 bits per heavy atom. The maximum atomic E-state index is 5.97. The summed E-state index contributed by atoms with van der Waals surface area (Å²) in [5.41, 5.74) is 9.05. The Labute approximate surface area is 116 Å². The van der Waals surface area contributed by atoms with Gasteiger partial charge in [-0.05, 0) is 26.3 Å². The van der Waals surface area contributed by atoms with Crippen molar-refractivity contribution in [1.82, 2.24) is 29.3 Å². The smallest absolute Gasteiger partial charge is 0.152 e. The second kappa shape index (κ2) is 4.59. The minimum absolute atomic E-state index is 0.520. The van der Waals surface area contributed by atoms with Crippen molar-refractivity contribution in [3.8, 4) is 0 Å². The maximum Gasteiger partial charge on any atom is 0.152 e. The van der Waals surface area contributed by atoms with E-state index < -0.39 is 0 Å². The molecule has 3 aromatic heterocycles. The van der Waals surface area contributed by atoms with Gasteiger partial charge in [0.25, 0.3) is 0 Å². The minimum Gasteiger partial charge on any atom is -0.383 e. The largest absolute Gasteiger partial charge is 0.383 e. The third-order valence-corrected chi connectivity index (χ3v) is 3.77. The van der Waals surface area contributed by atoms with Gasteiger partial charge in [-0.2, -0.15) is 0 Å². The normalized spacial score (nSPS) is 11.3. The number of nitrogens with two attached hydrogens (primary N) is 1. The van der Waals surface area contributed by atoms with Crippen molar-refractivity contribution in [2.24, 2.45) is 0 Å². The molecule has 0 aliphatic rings. The first kappa shape index (κ1) is 12.6. The molecule has 104 valence electrons. The predicted octanol–water partition coefficient (Wildman–Crippen LogP) is 1.29. The second-order valence-corrected chi connectivity index (χ2v) is 4.79. The first-order valence-electron chi connectivity index (χ1n) is 6.56. The summed E-state index contributed by atoms with van der Waals surface area (Å²) < 4.78 is 4.13. The van der Waals surface area contributed by atoms with Gasteiger partial charge in [-0.1, -0.05) is 0 Å². The van der Waals surface area contributed by atoms with Gasteiger partial charge >= 0.3 is 0 Å². The lowest BCUT2D eigenvalue weighted by Crippen LogP contribution is -2.09. The predicted molar refractivity (Wildman–Crippen MR) is 76.2 cm³/mol. The van der Waals surface area contributed by atoms with Crippen molar-refractivity contribution >= 4 is 16.9 Å². The van der Waals surface area contributed by atoms with Crippen molar-refractivity contribution in [2.75, 3.05) is 5.73 Å². The van der Waals surface area contributed by atoms with Crippen LogP contribution in [0.15, 0.2) is 12.7 Å². The lowest BCUT2D eigenvalue weighted by molar-refractivity contribution is 0.651. The van der Waals surface area contributed by atoms with Crippen LogP contribution in [-0.2, 0) is 13.1 Å². The molecule has 0 spiro atoms. The van der Waals surface area contributed by atoms with E-state index in [1.165, 1.54) is 6.33 Å². The zero-order valence-corrected chi connectivity index (χ0v) is 11.8. The second-order valence-electron chi connectivity index (χ2n) is 4.79. The molecule has 3 rings (SSSR count). The van der Waals surface area contributed by atoms with Crippen LogP contribution in [0.4, 0.5) is 5.82 Å². The van der Waals surface area contributed by atoms with Gasteiger partial charge in [-0.3, -0.25) is 0 Å². The van der Waals surface area contributed by atoms with Crippen LogP contribution >= 0.6 is 0 Å². The number of aromatic nitrogens is 6. The molecule has 0 aliphatic carbocycles. The van der Waals surface area contributed by atoms with Gasteiger partial charge in [0.1, 0.15) is 24.1 Å². The van der Waals surface area contributed by atoms with E-state index in [-0.39, 0.29) is 0 Å². The van der Waals surface area contributed by atoms with Crippen molar-refractivity contribution in [3.05, 3.63) is 29.7 Å². The van der Waals surface area contributed by atoms with Crippen molar-refractivity contribution < 1.29 is 0 Å². The van der Waals surface area contributed by atoms with E-state index in [0.29, 0.717) is 12.4 Å². The van der Waals surface area contributed by atoms with E-state index in [1.807, 2.05) is 11.5 Å². The molecule has 2 N–H and O–H groups in total. The van der Waals surface area contributed by atoms with Gasteiger partial charge in [0.2, 0.25) is 0 Å². The summed E-state index contributed by atoms with van der Waals surface area (Å²) in [6.07, 6.45) is 3.24. The Hall–Kier alpha value is -2.44. The van der Waals surface area contributed by atoms with Crippen LogP contribution in [0.2, 0.25) is 0 Å². The van der Waals surface area contributed by atoms with Gasteiger partial charge in [-0.15, -0.1) is 10.2 Å². The van der Waals surface area contributed by atoms with E-state index in [1.54, 1.807) is 6.33 Å². The molecule has 20 heavy (non-hydrogen) atoms. The first-order valence-corrected chi connectivity index (χ1v) is 6.56. The summed E-state index contributed by atoms with van der Waals surface area (Å²) in [4.78, 5) is 8.45. The van der Waals surface area contributed by atoms with E-state index >= 15 is 0 Å². The fraction of sp³-hybridized carbons (Fsp3) is 0.385. The van der Waals surface area contributed by atoms with E-state index in [0.717, 1.165) is 34.7 Å². The summed E-state index contributed by atoms with van der Waals surface area (Å²) >= 11 is 0. The molecular formula is C13H17N7. The molecule has 0 fully saturated rings. The number of hydrogen-bond acceptors (Lipinski definition) is 5. The Bertz CT molecular complexity index is 768. The van der Waals surface area contributed by atoms with Crippen LogP contribution in [0.1, 0.15) is 24.0 Å². The van der Waals surface area contributed by atoms with Crippen LogP contribution < -0.4 is 5.73 Å². The summed E-state index contributed by atoms with van der Waals surface area (Å²) in [5, 5.41) is 9.07. The number of rotatable bonds is 3. The summed E-state index contributed by atoms with van der Waals surface area (Å²) in [5.74, 6) is 1.43.